The van der Waals surface area contributed by atoms with Crippen LogP contribution >= 0.6 is 16.1 Å². The van der Waals surface area contributed by atoms with Crippen molar-refractivity contribution in [2.45, 2.75) is 13.3 Å². The zero-order chi connectivity index (χ0) is 7.91. The summed E-state index contributed by atoms with van der Waals surface area (Å²) in [6, 6.07) is 0. The molecule has 0 rings (SSSR count). The monoisotopic (exact) mass is 219 g/mol. The Bertz CT molecular complexity index is 132. The molecule has 0 aromatic heterocycles. The Morgan fingerprint density at radius 3 is 1.89 bits per heavy atom. The van der Waals surface area contributed by atoms with E-state index in [-0.39, 0.29) is 5.75 Å². The summed E-state index contributed by atoms with van der Waals surface area (Å²) in [4.78, 5) is 0. The summed E-state index contributed by atoms with van der Waals surface area (Å²) in [5.74, 6) is -0.132. The van der Waals surface area contributed by atoms with Gasteiger partial charge in [0, 0.05) is 16.1 Å². The first-order valence-corrected chi connectivity index (χ1v) is 4.75. The van der Waals surface area contributed by atoms with Gasteiger partial charge in [0.25, 0.3) is 10.1 Å². The van der Waals surface area contributed by atoms with E-state index in [1.54, 1.807) is 6.92 Å². The third kappa shape index (κ3) is 17.8. The first kappa shape index (κ1) is 12.1. The van der Waals surface area contributed by atoms with Crippen molar-refractivity contribution in [1.82, 2.24) is 0 Å². The van der Waals surface area contributed by atoms with Gasteiger partial charge in [-0.15, -0.1) is 0 Å². The van der Waals surface area contributed by atoms with Gasteiger partial charge in [-0.3, -0.25) is 9.31 Å². The van der Waals surface area contributed by atoms with Crippen LogP contribution < -0.4 is 4.76 Å². The minimum Gasteiger partial charge on any atom is -0.286 e. The average molecular weight is 220 g/mol. The van der Waals surface area contributed by atoms with E-state index < -0.39 is 10.1 Å². The molecule has 0 spiro atoms. The van der Waals surface area contributed by atoms with Crippen LogP contribution in [0.3, 0.4) is 0 Å². The van der Waals surface area contributed by atoms with Crippen LogP contribution in [-0.4, -0.2) is 18.7 Å². The molecule has 0 unspecified atom stereocenters. The molecular weight excluding hydrogens is 210 g/mol. The van der Waals surface area contributed by atoms with Gasteiger partial charge in [-0.2, -0.15) is 8.42 Å². The lowest BCUT2D eigenvalue weighted by Gasteiger charge is -1.85. The quantitative estimate of drug-likeness (QED) is 0.525. The Labute approximate surface area is 63.5 Å². The zero-order valence-electron chi connectivity index (χ0n) is 5.04. The van der Waals surface area contributed by atoms with Gasteiger partial charge >= 0.3 is 0 Å². The number of halogens is 1. The van der Waals surface area contributed by atoms with Gasteiger partial charge < -0.3 is 0 Å². The molecule has 0 aliphatic heterocycles. The summed E-state index contributed by atoms with van der Waals surface area (Å²) in [7, 11) is -3.67. The van der Waals surface area contributed by atoms with Crippen LogP contribution in [0.2, 0.25) is 0 Å². The molecule has 4 nitrogen and oxygen atoms in total. The standard InChI is InChI=1S/C3H8O3S.BrH2N/c1-2-3-7(4,5)6;1-2/h2-3H2,1H3,(H,4,5,6);2H2. The molecule has 0 fully saturated rings. The minimum atomic E-state index is -3.67. The number of hydrogen-bond acceptors (Lipinski definition) is 3. The fourth-order valence-electron chi connectivity index (χ4n) is 0.258. The molecule has 0 saturated heterocycles. The molecule has 0 aromatic carbocycles. The number of hydrogen-bond donors (Lipinski definition) is 2. The van der Waals surface area contributed by atoms with Crippen molar-refractivity contribution in [3.8, 4) is 0 Å². The van der Waals surface area contributed by atoms with E-state index in [2.05, 4.69) is 20.9 Å². The molecule has 0 heterocycles. The summed E-state index contributed by atoms with van der Waals surface area (Å²) in [5.41, 5.74) is 0. The molecule has 3 N–H and O–H groups in total. The van der Waals surface area contributed by atoms with Crippen LogP contribution in [0.1, 0.15) is 13.3 Å². The molecule has 0 bridgehead atoms. The lowest BCUT2D eigenvalue weighted by molar-refractivity contribution is 0.482. The first-order valence-electron chi connectivity index (χ1n) is 2.23. The molecule has 58 valence electrons. The highest BCUT2D eigenvalue weighted by Gasteiger charge is 1.98. The molecule has 0 radical (unpaired) electrons. The second-order valence-corrected chi connectivity index (χ2v) is 2.86. The molecule has 6 heteroatoms. The lowest BCUT2D eigenvalue weighted by atomic mass is 10.6. The molecule has 0 atom stereocenters. The first-order chi connectivity index (χ1) is 4.06. The van der Waals surface area contributed by atoms with Crippen molar-refractivity contribution in [3.05, 3.63) is 0 Å². The van der Waals surface area contributed by atoms with Gasteiger partial charge in [-0.1, -0.05) is 6.92 Å². The van der Waals surface area contributed by atoms with Gasteiger partial charge in [-0.05, 0) is 6.42 Å². The van der Waals surface area contributed by atoms with Crippen LogP contribution in [-0.2, 0) is 10.1 Å². The predicted molar refractivity (Wildman–Crippen MR) is 39.8 cm³/mol. The fraction of sp³-hybridized carbons (Fsp3) is 1.00. The highest BCUT2D eigenvalue weighted by atomic mass is 79.9. The lowest BCUT2D eigenvalue weighted by Crippen LogP contribution is -2.01. The molecule has 0 aliphatic rings. The Hall–Kier alpha value is 0.350. The van der Waals surface area contributed by atoms with Gasteiger partial charge in [0.05, 0.1) is 5.75 Å². The van der Waals surface area contributed by atoms with Crippen LogP contribution in [0.15, 0.2) is 0 Å². The molecule has 0 amide bonds. The van der Waals surface area contributed by atoms with Crippen LogP contribution in [0.5, 0.6) is 0 Å². The smallest absolute Gasteiger partial charge is 0.264 e. The van der Waals surface area contributed by atoms with Crippen LogP contribution in [0, 0.1) is 0 Å². The summed E-state index contributed by atoms with van der Waals surface area (Å²) in [6.07, 6.45) is 0.471. The maximum Gasteiger partial charge on any atom is 0.264 e. The van der Waals surface area contributed by atoms with Gasteiger partial charge in [0.15, 0.2) is 0 Å². The van der Waals surface area contributed by atoms with Crippen molar-refractivity contribution in [3.63, 3.8) is 0 Å². The normalized spacial score (nSPS) is 9.78. The summed E-state index contributed by atoms with van der Waals surface area (Å²) in [5, 5.41) is 0. The Morgan fingerprint density at radius 2 is 1.89 bits per heavy atom. The second-order valence-electron chi connectivity index (χ2n) is 1.29. The SMILES string of the molecule is CCCS(=O)(=O)O.NBr. The van der Waals surface area contributed by atoms with E-state index >= 15 is 0 Å². The van der Waals surface area contributed by atoms with E-state index in [0.29, 0.717) is 6.42 Å². The Kier molecular flexibility index (Phi) is 8.67. The summed E-state index contributed by atoms with van der Waals surface area (Å²) < 4.78 is 31.9. The molecule has 0 aliphatic carbocycles. The maximum atomic E-state index is 9.79. The van der Waals surface area contributed by atoms with Crippen LogP contribution in [0.25, 0.3) is 0 Å². The highest BCUT2D eigenvalue weighted by Crippen LogP contribution is 1.83. The predicted octanol–water partition coefficient (Wildman–Crippen LogP) is 0.539. The second kappa shape index (κ2) is 6.47. The topological polar surface area (TPSA) is 80.4 Å². The molecule has 0 saturated carbocycles. The average Bonchev–Trinajstić information content (AvgIpc) is 1.69. The third-order valence-electron chi connectivity index (χ3n) is 0.462. The van der Waals surface area contributed by atoms with Crippen molar-refractivity contribution in [1.29, 1.82) is 0 Å². The van der Waals surface area contributed by atoms with E-state index in [0.717, 1.165) is 0 Å². The number of nitrogens with two attached hydrogens (primary N) is 1. The van der Waals surface area contributed by atoms with Crippen molar-refractivity contribution < 1.29 is 13.0 Å². The Balaban J connectivity index is 0. The van der Waals surface area contributed by atoms with Crippen molar-refractivity contribution >= 4 is 26.3 Å². The van der Waals surface area contributed by atoms with Gasteiger partial charge in [0.1, 0.15) is 0 Å². The summed E-state index contributed by atoms with van der Waals surface area (Å²) in [6.45, 7) is 1.69. The van der Waals surface area contributed by atoms with E-state index in [4.69, 9.17) is 4.55 Å². The highest BCUT2D eigenvalue weighted by molar-refractivity contribution is 9.07. The minimum absolute atomic E-state index is 0.132. The van der Waals surface area contributed by atoms with E-state index in [1.807, 2.05) is 0 Å². The molecule has 9 heavy (non-hydrogen) atoms. The van der Waals surface area contributed by atoms with E-state index in [1.165, 1.54) is 0 Å². The Morgan fingerprint density at radius 1 is 1.56 bits per heavy atom. The zero-order valence-corrected chi connectivity index (χ0v) is 7.44. The maximum absolute atomic E-state index is 9.79. The molecular formula is C3H10BrNO3S. The molecule has 0 aromatic rings. The largest absolute Gasteiger partial charge is 0.286 e. The van der Waals surface area contributed by atoms with Gasteiger partial charge in [0.2, 0.25) is 0 Å². The van der Waals surface area contributed by atoms with Crippen LogP contribution in [0.4, 0.5) is 0 Å². The number of rotatable bonds is 2. The van der Waals surface area contributed by atoms with E-state index in [9.17, 15) is 8.42 Å². The third-order valence-corrected chi connectivity index (χ3v) is 1.39. The fourth-order valence-corrected chi connectivity index (χ4v) is 0.774. The van der Waals surface area contributed by atoms with Crippen molar-refractivity contribution in [2.75, 3.05) is 5.75 Å². The van der Waals surface area contributed by atoms with Gasteiger partial charge in [-0.25, -0.2) is 0 Å². The summed E-state index contributed by atoms with van der Waals surface area (Å²) >= 11 is 2.44. The van der Waals surface area contributed by atoms with Crippen molar-refractivity contribution in [2.24, 2.45) is 4.76 Å².